The third kappa shape index (κ3) is 2.45. The van der Waals surface area contributed by atoms with E-state index in [0.717, 1.165) is 33.8 Å². The number of aromatic amines is 1. The average Bonchev–Trinajstić information content (AvgIpc) is 3.21. The van der Waals surface area contributed by atoms with Crippen molar-refractivity contribution < 1.29 is 19.7 Å². The molecule has 5 heteroatoms. The number of benzene rings is 3. The molecule has 1 aromatic heterocycles. The first-order valence-corrected chi connectivity index (χ1v) is 8.78. The van der Waals surface area contributed by atoms with Crippen molar-refractivity contribution in [2.24, 2.45) is 0 Å². The summed E-state index contributed by atoms with van der Waals surface area (Å²) in [5.74, 6) is -0.641. The number of phenolic OH excluding ortho intramolecular Hbond substituents is 2. The summed E-state index contributed by atoms with van der Waals surface area (Å²) >= 11 is 0. The summed E-state index contributed by atoms with van der Waals surface area (Å²) in [6.07, 6.45) is 1.68. The molecular formula is C23H15NO4. The fraction of sp³-hybridized carbons (Fsp3) is 0. The molecule has 4 aromatic rings. The van der Waals surface area contributed by atoms with Crippen LogP contribution in [-0.2, 0) is 0 Å². The van der Waals surface area contributed by atoms with Gasteiger partial charge in [0.05, 0.1) is 5.69 Å². The molecule has 2 heterocycles. The van der Waals surface area contributed by atoms with Crippen LogP contribution in [-0.4, -0.2) is 21.0 Å². The Morgan fingerprint density at radius 3 is 2.50 bits per heavy atom. The Balaban J connectivity index is 1.70. The first kappa shape index (κ1) is 16.2. The topological polar surface area (TPSA) is 82.6 Å². The van der Waals surface area contributed by atoms with Crippen molar-refractivity contribution >= 4 is 22.8 Å². The lowest BCUT2D eigenvalue weighted by molar-refractivity contribution is 0.101. The summed E-state index contributed by atoms with van der Waals surface area (Å²) in [6, 6.07) is 20.1. The van der Waals surface area contributed by atoms with Crippen LogP contribution in [0.5, 0.6) is 17.2 Å². The lowest BCUT2D eigenvalue weighted by Gasteiger charge is -2.03. The minimum Gasteiger partial charge on any atom is -0.508 e. The number of phenols is 2. The number of hydrogen-bond acceptors (Lipinski definition) is 4. The largest absolute Gasteiger partial charge is 0.508 e. The Hall–Kier alpha value is -3.99. The van der Waals surface area contributed by atoms with Crippen LogP contribution in [0.2, 0.25) is 0 Å². The number of aromatic nitrogens is 1. The van der Waals surface area contributed by atoms with E-state index >= 15 is 0 Å². The Labute approximate surface area is 160 Å². The summed E-state index contributed by atoms with van der Waals surface area (Å²) < 4.78 is 5.67. The van der Waals surface area contributed by atoms with Gasteiger partial charge in [0, 0.05) is 28.6 Å². The fourth-order valence-electron chi connectivity index (χ4n) is 3.56. The lowest BCUT2D eigenvalue weighted by atomic mass is 10.0. The van der Waals surface area contributed by atoms with Gasteiger partial charge in [0.15, 0.2) is 5.76 Å². The number of carbonyl (C=O) groups excluding carboxylic acids is 1. The number of nitrogens with one attached hydrogen (secondary N) is 1. The molecule has 0 atom stereocenters. The molecular weight excluding hydrogens is 354 g/mol. The van der Waals surface area contributed by atoms with Gasteiger partial charge in [-0.25, -0.2) is 0 Å². The maximum Gasteiger partial charge on any atom is 0.235 e. The van der Waals surface area contributed by atoms with E-state index in [1.54, 1.807) is 6.08 Å². The minimum atomic E-state index is -0.420. The second kappa shape index (κ2) is 6.03. The highest BCUT2D eigenvalue weighted by Gasteiger charge is 2.32. The minimum absolute atomic E-state index is 0.0603. The van der Waals surface area contributed by atoms with Gasteiger partial charge >= 0.3 is 0 Å². The van der Waals surface area contributed by atoms with E-state index in [4.69, 9.17) is 4.74 Å². The van der Waals surface area contributed by atoms with Crippen LogP contribution >= 0.6 is 0 Å². The summed E-state index contributed by atoms with van der Waals surface area (Å²) in [6.45, 7) is 0. The number of rotatable bonds is 2. The molecule has 1 aliphatic heterocycles. The molecule has 1 aliphatic rings. The van der Waals surface area contributed by atoms with Crippen LogP contribution in [0.4, 0.5) is 0 Å². The number of ketones is 1. The fourth-order valence-corrected chi connectivity index (χ4v) is 3.56. The molecule has 0 saturated heterocycles. The smallest absolute Gasteiger partial charge is 0.235 e. The van der Waals surface area contributed by atoms with E-state index in [0.29, 0.717) is 0 Å². The van der Waals surface area contributed by atoms with Gasteiger partial charge in [-0.3, -0.25) is 4.79 Å². The van der Waals surface area contributed by atoms with Gasteiger partial charge < -0.3 is 19.9 Å². The Bertz CT molecular complexity index is 1270. The lowest BCUT2D eigenvalue weighted by Crippen LogP contribution is -1.98. The molecule has 28 heavy (non-hydrogen) atoms. The van der Waals surface area contributed by atoms with E-state index in [1.807, 2.05) is 54.6 Å². The van der Waals surface area contributed by atoms with Crippen LogP contribution in [0, 0.1) is 0 Å². The van der Waals surface area contributed by atoms with Gasteiger partial charge in [0.1, 0.15) is 22.8 Å². The SMILES string of the molecule is O=C1C(=Cc2c(-c3ccccc3)[nH]c3ccccc23)Oc2cc(O)cc(O)c21. The first-order chi connectivity index (χ1) is 13.6. The van der Waals surface area contributed by atoms with Crippen molar-refractivity contribution in [2.45, 2.75) is 0 Å². The third-order valence-electron chi connectivity index (χ3n) is 4.82. The third-order valence-corrected chi connectivity index (χ3v) is 4.82. The van der Waals surface area contributed by atoms with Crippen molar-refractivity contribution in [1.29, 1.82) is 0 Å². The van der Waals surface area contributed by atoms with E-state index in [9.17, 15) is 15.0 Å². The molecule has 0 unspecified atom stereocenters. The highest BCUT2D eigenvalue weighted by Crippen LogP contribution is 2.41. The zero-order valence-corrected chi connectivity index (χ0v) is 14.6. The van der Waals surface area contributed by atoms with E-state index in [1.165, 1.54) is 6.07 Å². The summed E-state index contributed by atoms with van der Waals surface area (Å²) in [7, 11) is 0. The number of ether oxygens (including phenoxy) is 1. The standard InChI is InChI=1S/C23H15NO4/c25-14-10-18(26)21-19(11-14)28-20(23(21)27)12-16-15-8-4-5-9-17(15)24-22(16)13-6-2-1-3-7-13/h1-12,24-26H. The molecule has 0 spiro atoms. The Morgan fingerprint density at radius 1 is 0.929 bits per heavy atom. The van der Waals surface area contributed by atoms with E-state index < -0.39 is 5.78 Å². The number of hydrogen-bond donors (Lipinski definition) is 3. The maximum absolute atomic E-state index is 12.8. The molecule has 5 nitrogen and oxygen atoms in total. The van der Waals surface area contributed by atoms with Gasteiger partial charge in [-0.1, -0.05) is 48.5 Å². The maximum atomic E-state index is 12.8. The zero-order valence-electron chi connectivity index (χ0n) is 14.6. The average molecular weight is 369 g/mol. The van der Waals surface area contributed by atoms with Crippen LogP contribution in [0.15, 0.2) is 72.5 Å². The Morgan fingerprint density at radius 2 is 1.68 bits per heavy atom. The molecule has 136 valence electrons. The van der Waals surface area contributed by atoms with E-state index in [-0.39, 0.29) is 28.6 Å². The number of para-hydroxylation sites is 1. The highest BCUT2D eigenvalue weighted by atomic mass is 16.5. The number of Topliss-reactive ketones (excluding diaryl/α,β-unsaturated/α-hetero) is 1. The second-order valence-electron chi connectivity index (χ2n) is 6.60. The molecule has 5 rings (SSSR count). The molecule has 0 aliphatic carbocycles. The van der Waals surface area contributed by atoms with Gasteiger partial charge in [0.25, 0.3) is 0 Å². The van der Waals surface area contributed by atoms with Crippen molar-refractivity contribution in [2.75, 3.05) is 0 Å². The van der Waals surface area contributed by atoms with Crippen molar-refractivity contribution in [1.82, 2.24) is 4.98 Å². The molecule has 0 bridgehead atoms. The van der Waals surface area contributed by atoms with Crippen molar-refractivity contribution in [3.05, 3.63) is 83.6 Å². The van der Waals surface area contributed by atoms with E-state index in [2.05, 4.69) is 4.98 Å². The predicted molar refractivity (Wildman–Crippen MR) is 106 cm³/mol. The van der Waals surface area contributed by atoms with Gasteiger partial charge in [-0.2, -0.15) is 0 Å². The normalized spacial score (nSPS) is 14.4. The number of carbonyl (C=O) groups is 1. The summed E-state index contributed by atoms with van der Waals surface area (Å²) in [5.41, 5.74) is 3.67. The number of fused-ring (bicyclic) bond motifs is 2. The summed E-state index contributed by atoms with van der Waals surface area (Å²) in [5, 5.41) is 20.7. The first-order valence-electron chi connectivity index (χ1n) is 8.78. The molecule has 0 amide bonds. The number of H-pyrrole nitrogens is 1. The van der Waals surface area contributed by atoms with Crippen LogP contribution in [0.3, 0.4) is 0 Å². The Kier molecular flexibility index (Phi) is 3.49. The van der Waals surface area contributed by atoms with Gasteiger partial charge in [0.2, 0.25) is 5.78 Å². The zero-order chi connectivity index (χ0) is 19.3. The molecule has 0 radical (unpaired) electrons. The van der Waals surface area contributed by atoms with Gasteiger partial charge in [-0.05, 0) is 17.7 Å². The van der Waals surface area contributed by atoms with Crippen molar-refractivity contribution in [3.8, 4) is 28.5 Å². The molecule has 0 fully saturated rings. The second-order valence-corrected chi connectivity index (χ2v) is 6.60. The van der Waals surface area contributed by atoms with Crippen LogP contribution < -0.4 is 4.74 Å². The van der Waals surface area contributed by atoms with Gasteiger partial charge in [-0.15, -0.1) is 0 Å². The molecule has 0 saturated carbocycles. The summed E-state index contributed by atoms with van der Waals surface area (Å²) in [4.78, 5) is 16.2. The quantitative estimate of drug-likeness (QED) is 0.441. The van der Waals surface area contributed by atoms with Crippen molar-refractivity contribution in [3.63, 3.8) is 0 Å². The number of allylic oxidation sites excluding steroid dienone is 1. The monoisotopic (exact) mass is 369 g/mol. The van der Waals surface area contributed by atoms with Crippen LogP contribution in [0.25, 0.3) is 28.2 Å². The molecule has 3 aromatic carbocycles. The number of aromatic hydroxyl groups is 2. The highest BCUT2D eigenvalue weighted by molar-refractivity contribution is 6.17. The molecule has 3 N–H and O–H groups in total. The van der Waals surface area contributed by atoms with Crippen LogP contribution in [0.1, 0.15) is 15.9 Å². The predicted octanol–water partition coefficient (Wildman–Crippen LogP) is 4.86.